The van der Waals surface area contributed by atoms with Gasteiger partial charge in [-0.1, -0.05) is 31.5 Å². The Morgan fingerprint density at radius 1 is 1.24 bits per heavy atom. The molecular formula is C22H25ClFN3OS. The second kappa shape index (κ2) is 8.54. The van der Waals surface area contributed by atoms with Gasteiger partial charge in [0.1, 0.15) is 16.5 Å². The van der Waals surface area contributed by atoms with Crippen molar-refractivity contribution < 1.29 is 4.39 Å². The summed E-state index contributed by atoms with van der Waals surface area (Å²) in [6.07, 6.45) is 4.19. The van der Waals surface area contributed by atoms with E-state index in [-0.39, 0.29) is 12.1 Å². The van der Waals surface area contributed by atoms with Gasteiger partial charge in [-0.3, -0.25) is 14.3 Å². The lowest BCUT2D eigenvalue weighted by Gasteiger charge is -2.21. The predicted octanol–water partition coefficient (Wildman–Crippen LogP) is 5.02. The van der Waals surface area contributed by atoms with Crippen LogP contribution < -0.4 is 5.56 Å². The van der Waals surface area contributed by atoms with Crippen LogP contribution in [-0.2, 0) is 25.9 Å². The Bertz CT molecular complexity index is 1080. The third kappa shape index (κ3) is 3.86. The van der Waals surface area contributed by atoms with E-state index in [4.69, 9.17) is 16.6 Å². The highest BCUT2D eigenvalue weighted by atomic mass is 35.5. The lowest BCUT2D eigenvalue weighted by molar-refractivity contribution is 0.282. The van der Waals surface area contributed by atoms with Crippen molar-refractivity contribution in [1.29, 1.82) is 0 Å². The summed E-state index contributed by atoms with van der Waals surface area (Å²) in [6.45, 7) is 6.52. The Kier molecular flexibility index (Phi) is 6.04. The predicted molar refractivity (Wildman–Crippen MR) is 118 cm³/mol. The number of benzene rings is 1. The van der Waals surface area contributed by atoms with E-state index in [0.717, 1.165) is 54.6 Å². The topological polar surface area (TPSA) is 38.1 Å². The highest BCUT2D eigenvalue weighted by molar-refractivity contribution is 7.18. The number of halogens is 2. The summed E-state index contributed by atoms with van der Waals surface area (Å²) in [5, 5.41) is 1.05. The number of aryl methyl sites for hydroxylation is 2. The first kappa shape index (κ1) is 20.5. The summed E-state index contributed by atoms with van der Waals surface area (Å²) in [5.41, 5.74) is 1.41. The molecule has 0 amide bonds. The molecule has 0 saturated carbocycles. The van der Waals surface area contributed by atoms with Gasteiger partial charge < -0.3 is 0 Å². The van der Waals surface area contributed by atoms with Crippen molar-refractivity contribution in [2.75, 3.05) is 13.1 Å². The Labute approximate surface area is 178 Å². The summed E-state index contributed by atoms with van der Waals surface area (Å²) in [7, 11) is 0. The van der Waals surface area contributed by atoms with Gasteiger partial charge in [-0.15, -0.1) is 11.3 Å². The molecule has 0 atom stereocenters. The second-order valence-corrected chi connectivity index (χ2v) is 8.96. The van der Waals surface area contributed by atoms with Gasteiger partial charge >= 0.3 is 0 Å². The van der Waals surface area contributed by atoms with Crippen LogP contribution in [0.3, 0.4) is 0 Å². The maximum atomic E-state index is 14.5. The lowest BCUT2D eigenvalue weighted by atomic mass is 9.97. The fraction of sp³-hybridized carbons (Fsp3) is 0.455. The highest BCUT2D eigenvalue weighted by Gasteiger charge is 2.23. The fourth-order valence-electron chi connectivity index (χ4n) is 4.05. The minimum atomic E-state index is -0.398. The molecular weight excluding hydrogens is 409 g/mol. The first-order valence-corrected chi connectivity index (χ1v) is 11.4. The summed E-state index contributed by atoms with van der Waals surface area (Å²) in [4.78, 5) is 22.8. The van der Waals surface area contributed by atoms with E-state index in [1.54, 1.807) is 28.0 Å². The molecule has 29 heavy (non-hydrogen) atoms. The van der Waals surface area contributed by atoms with Crippen molar-refractivity contribution in [3.8, 4) is 0 Å². The number of thiophene rings is 1. The summed E-state index contributed by atoms with van der Waals surface area (Å²) in [6, 6.07) is 4.62. The number of rotatable bonds is 6. The standard InChI is InChI=1S/C22H25ClFN3OS/c1-3-26(4-2)13-19-25-21-20(14-8-5-6-11-18(14)29-21)22(28)27(19)12-15-16(23)9-7-10-17(15)24/h7,9-10H,3-6,8,11-13H2,1-2H3. The van der Waals surface area contributed by atoms with Crippen LogP contribution in [0.4, 0.5) is 4.39 Å². The van der Waals surface area contributed by atoms with Gasteiger partial charge in [0.2, 0.25) is 0 Å². The van der Waals surface area contributed by atoms with Crippen molar-refractivity contribution in [2.24, 2.45) is 0 Å². The average Bonchev–Trinajstić information content (AvgIpc) is 3.09. The number of hydrogen-bond acceptors (Lipinski definition) is 4. The summed E-state index contributed by atoms with van der Waals surface area (Å²) < 4.78 is 16.1. The minimum absolute atomic E-state index is 0.0733. The third-order valence-electron chi connectivity index (χ3n) is 5.79. The van der Waals surface area contributed by atoms with Crippen LogP contribution in [0.2, 0.25) is 5.02 Å². The monoisotopic (exact) mass is 433 g/mol. The third-order valence-corrected chi connectivity index (χ3v) is 7.33. The molecule has 3 aromatic rings. The van der Waals surface area contributed by atoms with E-state index in [0.29, 0.717) is 23.0 Å². The normalized spacial score (nSPS) is 14.0. The van der Waals surface area contributed by atoms with Crippen LogP contribution in [0, 0.1) is 5.82 Å². The van der Waals surface area contributed by atoms with Crippen molar-refractivity contribution in [1.82, 2.24) is 14.5 Å². The molecule has 1 aliphatic rings. The van der Waals surface area contributed by atoms with Gasteiger partial charge in [-0.05, 0) is 56.5 Å². The van der Waals surface area contributed by atoms with E-state index in [1.807, 2.05) is 0 Å². The zero-order valence-corrected chi connectivity index (χ0v) is 18.4. The molecule has 0 N–H and O–H groups in total. The van der Waals surface area contributed by atoms with Crippen LogP contribution in [0.1, 0.15) is 48.5 Å². The van der Waals surface area contributed by atoms with Crippen molar-refractivity contribution in [3.63, 3.8) is 0 Å². The van der Waals surface area contributed by atoms with E-state index in [2.05, 4.69) is 18.7 Å². The smallest absolute Gasteiger partial charge is 0.262 e. The zero-order valence-electron chi connectivity index (χ0n) is 16.8. The molecule has 0 saturated heterocycles. The minimum Gasteiger partial charge on any atom is -0.297 e. The molecule has 0 spiro atoms. The van der Waals surface area contributed by atoms with Crippen molar-refractivity contribution >= 4 is 33.2 Å². The molecule has 1 aromatic carbocycles. The largest absolute Gasteiger partial charge is 0.297 e. The number of hydrogen-bond donors (Lipinski definition) is 0. The summed E-state index contributed by atoms with van der Waals surface area (Å²) >= 11 is 7.92. The quantitative estimate of drug-likeness (QED) is 0.547. The van der Waals surface area contributed by atoms with Gasteiger partial charge in [-0.2, -0.15) is 0 Å². The van der Waals surface area contributed by atoms with Crippen LogP contribution >= 0.6 is 22.9 Å². The first-order chi connectivity index (χ1) is 14.0. The molecule has 0 bridgehead atoms. The molecule has 0 fully saturated rings. The van der Waals surface area contributed by atoms with Crippen molar-refractivity contribution in [2.45, 2.75) is 52.6 Å². The van der Waals surface area contributed by atoms with Crippen molar-refractivity contribution in [3.05, 3.63) is 61.2 Å². The van der Waals surface area contributed by atoms with E-state index < -0.39 is 5.82 Å². The maximum Gasteiger partial charge on any atom is 0.262 e. The molecule has 4 nitrogen and oxygen atoms in total. The molecule has 154 valence electrons. The SMILES string of the molecule is CCN(CC)Cc1nc2sc3c(c2c(=O)n1Cc1c(F)cccc1Cl)CCCC3. The first-order valence-electron chi connectivity index (χ1n) is 10.2. The number of aromatic nitrogens is 2. The maximum absolute atomic E-state index is 14.5. The van der Waals surface area contributed by atoms with Gasteiger partial charge in [0.15, 0.2) is 0 Å². The zero-order chi connectivity index (χ0) is 20.5. The van der Waals surface area contributed by atoms with Crippen LogP contribution in [-0.4, -0.2) is 27.5 Å². The molecule has 0 aliphatic heterocycles. The second-order valence-electron chi connectivity index (χ2n) is 7.47. The Morgan fingerprint density at radius 2 is 2.00 bits per heavy atom. The van der Waals surface area contributed by atoms with Gasteiger partial charge in [-0.25, -0.2) is 9.37 Å². The van der Waals surface area contributed by atoms with Gasteiger partial charge in [0.25, 0.3) is 5.56 Å². The van der Waals surface area contributed by atoms with E-state index in [1.165, 1.54) is 10.9 Å². The Hall–Kier alpha value is -1.76. The fourth-order valence-corrected chi connectivity index (χ4v) is 5.55. The van der Waals surface area contributed by atoms with E-state index >= 15 is 0 Å². The summed E-state index contributed by atoms with van der Waals surface area (Å²) in [5.74, 6) is 0.273. The molecule has 4 rings (SSSR count). The highest BCUT2D eigenvalue weighted by Crippen LogP contribution is 2.34. The number of fused-ring (bicyclic) bond motifs is 3. The molecule has 0 radical (unpaired) electrons. The molecule has 2 heterocycles. The Balaban J connectivity index is 1.91. The molecule has 1 aliphatic carbocycles. The lowest BCUT2D eigenvalue weighted by Crippen LogP contribution is -2.31. The molecule has 2 aromatic heterocycles. The van der Waals surface area contributed by atoms with Gasteiger partial charge in [0, 0.05) is 15.5 Å². The van der Waals surface area contributed by atoms with E-state index in [9.17, 15) is 9.18 Å². The Morgan fingerprint density at radius 3 is 2.72 bits per heavy atom. The van der Waals surface area contributed by atoms with Crippen LogP contribution in [0.15, 0.2) is 23.0 Å². The van der Waals surface area contributed by atoms with Crippen LogP contribution in [0.5, 0.6) is 0 Å². The number of nitrogens with zero attached hydrogens (tertiary/aromatic N) is 3. The average molecular weight is 434 g/mol. The van der Waals surface area contributed by atoms with Crippen LogP contribution in [0.25, 0.3) is 10.2 Å². The molecule has 0 unspecified atom stereocenters. The van der Waals surface area contributed by atoms with Gasteiger partial charge in [0.05, 0.1) is 18.5 Å². The molecule has 7 heteroatoms.